The summed E-state index contributed by atoms with van der Waals surface area (Å²) >= 11 is 0. The summed E-state index contributed by atoms with van der Waals surface area (Å²) in [5.74, 6) is -0.432. The van der Waals surface area contributed by atoms with Gasteiger partial charge < -0.3 is 0 Å². The third kappa shape index (κ3) is 6.18. The molecule has 30 heavy (non-hydrogen) atoms. The molecule has 1 fully saturated rings. The van der Waals surface area contributed by atoms with Crippen molar-refractivity contribution in [1.82, 2.24) is 20.5 Å². The molecular formula is C24H30BFN4. The van der Waals surface area contributed by atoms with Crippen molar-refractivity contribution in [2.75, 3.05) is 0 Å². The summed E-state index contributed by atoms with van der Waals surface area (Å²) in [7, 11) is 0. The van der Waals surface area contributed by atoms with Crippen molar-refractivity contribution < 1.29 is 4.39 Å². The fourth-order valence-electron chi connectivity index (χ4n) is 3.55. The van der Waals surface area contributed by atoms with Crippen LogP contribution in [-0.4, -0.2) is 27.7 Å². The van der Waals surface area contributed by atoms with E-state index in [-0.39, 0.29) is 0 Å². The van der Waals surface area contributed by atoms with Crippen molar-refractivity contribution in [1.29, 1.82) is 0 Å². The molecule has 2 heterocycles. The zero-order chi connectivity index (χ0) is 21.3. The van der Waals surface area contributed by atoms with Crippen molar-refractivity contribution in [3.63, 3.8) is 0 Å². The number of hydrogen-bond donors (Lipinski definition) is 1. The van der Waals surface area contributed by atoms with Gasteiger partial charge in [-0.2, -0.15) is 0 Å². The molecule has 3 rings (SSSR count). The molecular weight excluding hydrogens is 374 g/mol. The molecule has 6 heteroatoms. The first-order valence-corrected chi connectivity index (χ1v) is 10.8. The standard InChI is InChI=1S/C24H30BFN4/c1-4-5-9-23(25-18(3)21-16-29-28-14-17(21)2)30-22(20-7-6-8-20)12-10-19-11-13-24(26)27-15-19/h11,13-16,30H,3-10,12H2,1-2H3. The Labute approximate surface area is 179 Å². The van der Waals surface area contributed by atoms with Crippen LogP contribution in [0.25, 0.3) is 5.47 Å². The molecule has 0 amide bonds. The van der Waals surface area contributed by atoms with Crippen molar-refractivity contribution in [3.05, 3.63) is 71.2 Å². The quantitative estimate of drug-likeness (QED) is 0.449. The molecule has 0 aliphatic heterocycles. The van der Waals surface area contributed by atoms with E-state index in [0.29, 0.717) is 0 Å². The van der Waals surface area contributed by atoms with Gasteiger partial charge in [0.25, 0.3) is 0 Å². The van der Waals surface area contributed by atoms with Gasteiger partial charge in [0.05, 0.1) is 0 Å². The molecule has 156 valence electrons. The summed E-state index contributed by atoms with van der Waals surface area (Å²) < 4.78 is 13.1. The first kappa shape index (κ1) is 22.1. The monoisotopic (exact) mass is 404 g/mol. The van der Waals surface area contributed by atoms with E-state index in [1.165, 1.54) is 29.3 Å². The topological polar surface area (TPSA) is 50.7 Å². The second-order valence-electron chi connectivity index (χ2n) is 7.93. The maximum absolute atomic E-state index is 13.1. The van der Waals surface area contributed by atoms with Crippen LogP contribution in [0.1, 0.15) is 68.6 Å². The van der Waals surface area contributed by atoms with Gasteiger partial charge in [0.1, 0.15) is 0 Å². The second-order valence-corrected chi connectivity index (χ2v) is 7.93. The maximum atomic E-state index is 13.1. The van der Waals surface area contributed by atoms with Crippen molar-refractivity contribution >= 4 is 18.0 Å². The summed E-state index contributed by atoms with van der Waals surface area (Å²) in [6.45, 7) is 10.7. The molecule has 1 aliphatic carbocycles. The minimum absolute atomic E-state index is 0.432. The molecule has 0 atom stereocenters. The molecule has 4 nitrogen and oxygen atoms in total. The predicted molar refractivity (Wildman–Crippen MR) is 123 cm³/mol. The molecule has 0 saturated heterocycles. The third-order valence-electron chi connectivity index (χ3n) is 5.57. The number of nitrogens with zero attached hydrogens (tertiary/aromatic N) is 3. The molecule has 2 aromatic heterocycles. The number of rotatable bonds is 10. The van der Waals surface area contributed by atoms with Gasteiger partial charge in [-0.25, -0.2) is 0 Å². The van der Waals surface area contributed by atoms with E-state index in [1.54, 1.807) is 18.6 Å². The molecule has 0 bridgehead atoms. The zero-order valence-electron chi connectivity index (χ0n) is 18.0. The number of nitrogens with one attached hydrogen (secondary N) is 1. The molecule has 1 aliphatic rings. The van der Waals surface area contributed by atoms with E-state index in [1.807, 2.05) is 13.0 Å². The number of aromatic nitrogens is 3. The van der Waals surface area contributed by atoms with Gasteiger partial charge in [-0.3, -0.25) is 0 Å². The summed E-state index contributed by atoms with van der Waals surface area (Å²) in [6, 6.07) is 3.25. The van der Waals surface area contributed by atoms with Crippen molar-refractivity contribution in [2.24, 2.45) is 0 Å². The van der Waals surface area contributed by atoms with E-state index in [4.69, 9.17) is 0 Å². The van der Waals surface area contributed by atoms with E-state index >= 15 is 0 Å². The second kappa shape index (κ2) is 11.0. The van der Waals surface area contributed by atoms with Gasteiger partial charge in [0, 0.05) is 0 Å². The first-order valence-electron chi connectivity index (χ1n) is 10.8. The normalized spacial score (nSPS) is 13.4. The van der Waals surface area contributed by atoms with Crippen LogP contribution < -0.4 is 5.32 Å². The Hall–Kier alpha value is -2.63. The van der Waals surface area contributed by atoms with Crippen LogP contribution in [0.5, 0.6) is 0 Å². The molecule has 0 unspecified atom stereocenters. The average Bonchev–Trinajstić information content (AvgIpc) is 2.70. The summed E-state index contributed by atoms with van der Waals surface area (Å²) in [5, 5.41) is 11.7. The van der Waals surface area contributed by atoms with Gasteiger partial charge >= 0.3 is 179 Å². The van der Waals surface area contributed by atoms with Crippen LogP contribution in [0.15, 0.2) is 48.6 Å². The Bertz CT molecular complexity index is 928. The predicted octanol–water partition coefficient (Wildman–Crippen LogP) is 4.97. The van der Waals surface area contributed by atoms with Crippen LogP contribution in [0.2, 0.25) is 0 Å². The molecule has 0 spiro atoms. The molecule has 1 N–H and O–H groups in total. The van der Waals surface area contributed by atoms with Crippen LogP contribution in [0.4, 0.5) is 4.39 Å². The van der Waals surface area contributed by atoms with Crippen LogP contribution in [-0.2, 0) is 6.42 Å². The number of aryl methyl sites for hydroxylation is 2. The third-order valence-corrected chi connectivity index (χ3v) is 5.57. The van der Waals surface area contributed by atoms with E-state index in [0.717, 1.165) is 67.1 Å². The number of unbranched alkanes of at least 4 members (excludes halogenated alkanes) is 1. The fraction of sp³-hybridized carbons (Fsp3) is 0.417. The molecule has 1 saturated carbocycles. The van der Waals surface area contributed by atoms with Crippen LogP contribution in [0.3, 0.4) is 0 Å². The van der Waals surface area contributed by atoms with Gasteiger partial charge in [-0.15, -0.1) is 0 Å². The Morgan fingerprint density at radius 3 is 2.60 bits per heavy atom. The summed E-state index contributed by atoms with van der Waals surface area (Å²) in [6.07, 6.45) is 13.7. The molecule has 0 radical (unpaired) electrons. The molecule has 0 aromatic carbocycles. The van der Waals surface area contributed by atoms with Crippen molar-refractivity contribution in [3.8, 4) is 0 Å². The van der Waals surface area contributed by atoms with Crippen LogP contribution in [0, 0.1) is 12.9 Å². The Balaban J connectivity index is 1.77. The Kier molecular flexibility index (Phi) is 8.06. The van der Waals surface area contributed by atoms with E-state index in [9.17, 15) is 4.39 Å². The van der Waals surface area contributed by atoms with Gasteiger partial charge in [-0.05, 0) is 0 Å². The van der Waals surface area contributed by atoms with Crippen molar-refractivity contribution in [2.45, 2.75) is 65.2 Å². The van der Waals surface area contributed by atoms with Gasteiger partial charge in [0.2, 0.25) is 0 Å². The van der Waals surface area contributed by atoms with Gasteiger partial charge in [-0.1, -0.05) is 0 Å². The number of pyridine rings is 1. The van der Waals surface area contributed by atoms with E-state index in [2.05, 4.69) is 40.9 Å². The zero-order valence-corrected chi connectivity index (χ0v) is 18.0. The first-order chi connectivity index (χ1) is 14.6. The number of hydrogen-bond acceptors (Lipinski definition) is 4. The fourth-order valence-corrected chi connectivity index (χ4v) is 3.55. The minimum atomic E-state index is -0.432. The van der Waals surface area contributed by atoms with Crippen LogP contribution >= 0.6 is 0 Å². The number of halogens is 1. The summed E-state index contributed by atoms with van der Waals surface area (Å²) in [5.41, 5.74) is 8.08. The van der Waals surface area contributed by atoms with E-state index < -0.39 is 5.95 Å². The van der Waals surface area contributed by atoms with Gasteiger partial charge in [0.15, 0.2) is 0 Å². The summed E-state index contributed by atoms with van der Waals surface area (Å²) in [4.78, 5) is 3.78. The Morgan fingerprint density at radius 1 is 1.17 bits per heavy atom. The SMILES string of the molecule is C=C(B=C(CCCC)NC(CCc1ccc(F)nc1)=C1CCC1)c1cnncc1C. The Morgan fingerprint density at radius 2 is 1.97 bits per heavy atom. The average molecular weight is 404 g/mol. The molecule has 2 aromatic rings. The number of allylic oxidation sites excluding steroid dienone is 2.